The number of hydrogen-bond donors (Lipinski definition) is 1. The second kappa shape index (κ2) is 8.60. The predicted molar refractivity (Wildman–Crippen MR) is 129 cm³/mol. The highest BCUT2D eigenvalue weighted by atomic mass is 32.2. The van der Waals surface area contributed by atoms with Gasteiger partial charge in [0.05, 0.1) is 10.6 Å². The Balaban J connectivity index is 1.22. The van der Waals surface area contributed by atoms with Gasteiger partial charge in [0.15, 0.2) is 6.61 Å². The fourth-order valence-electron chi connectivity index (χ4n) is 4.00. The lowest BCUT2D eigenvalue weighted by molar-refractivity contribution is -0.118. The summed E-state index contributed by atoms with van der Waals surface area (Å²) in [5.41, 5.74) is 2.25. The zero-order chi connectivity index (χ0) is 22.8. The average molecular weight is 459 g/mol. The molecule has 1 aliphatic heterocycles. The van der Waals surface area contributed by atoms with Crippen LogP contribution in [0.5, 0.6) is 5.75 Å². The molecule has 166 valence electrons. The van der Waals surface area contributed by atoms with Crippen LogP contribution in [0.4, 0.5) is 11.4 Å². The third kappa shape index (κ3) is 4.27. The van der Waals surface area contributed by atoms with Crippen molar-refractivity contribution in [1.82, 2.24) is 0 Å². The molecular weight excluding hydrogens is 436 g/mol. The van der Waals surface area contributed by atoms with E-state index < -0.39 is 10.0 Å². The number of nitrogens with zero attached hydrogens (tertiary/aromatic N) is 1. The number of benzene rings is 4. The van der Waals surface area contributed by atoms with E-state index in [2.05, 4.69) is 5.32 Å². The van der Waals surface area contributed by atoms with Crippen molar-refractivity contribution in [2.24, 2.45) is 0 Å². The van der Waals surface area contributed by atoms with E-state index in [9.17, 15) is 13.2 Å². The second-order valence-electron chi connectivity index (χ2n) is 7.83. The van der Waals surface area contributed by atoms with Gasteiger partial charge in [-0.2, -0.15) is 0 Å². The van der Waals surface area contributed by atoms with E-state index in [-0.39, 0.29) is 17.4 Å². The molecule has 0 bridgehead atoms. The summed E-state index contributed by atoms with van der Waals surface area (Å²) >= 11 is 0. The quantitative estimate of drug-likeness (QED) is 0.458. The molecule has 1 heterocycles. The zero-order valence-corrected chi connectivity index (χ0v) is 18.6. The number of fused-ring (bicyclic) bond motifs is 2. The monoisotopic (exact) mass is 458 g/mol. The van der Waals surface area contributed by atoms with Gasteiger partial charge in [0, 0.05) is 12.2 Å². The summed E-state index contributed by atoms with van der Waals surface area (Å²) in [5.74, 6) is 0.281. The molecule has 1 N–H and O–H groups in total. The van der Waals surface area contributed by atoms with E-state index >= 15 is 0 Å². The van der Waals surface area contributed by atoms with Crippen molar-refractivity contribution in [2.75, 3.05) is 22.8 Å². The Kier molecular flexibility index (Phi) is 5.48. The van der Waals surface area contributed by atoms with Crippen LogP contribution in [0.25, 0.3) is 10.8 Å². The van der Waals surface area contributed by atoms with Crippen LogP contribution in [0.15, 0.2) is 95.9 Å². The molecule has 0 aliphatic carbocycles. The Morgan fingerprint density at radius 3 is 2.42 bits per heavy atom. The zero-order valence-electron chi connectivity index (χ0n) is 17.8. The van der Waals surface area contributed by atoms with Crippen molar-refractivity contribution in [2.45, 2.75) is 11.3 Å². The highest BCUT2D eigenvalue weighted by Gasteiger charge is 2.30. The van der Waals surface area contributed by atoms with E-state index in [0.29, 0.717) is 24.4 Å². The van der Waals surface area contributed by atoms with Crippen molar-refractivity contribution in [1.29, 1.82) is 0 Å². The Morgan fingerprint density at radius 2 is 1.61 bits per heavy atom. The molecule has 6 nitrogen and oxygen atoms in total. The molecule has 0 unspecified atom stereocenters. The third-order valence-electron chi connectivity index (χ3n) is 5.66. The summed E-state index contributed by atoms with van der Waals surface area (Å²) in [7, 11) is -3.67. The molecule has 0 radical (unpaired) electrons. The van der Waals surface area contributed by atoms with Gasteiger partial charge in [0.1, 0.15) is 5.75 Å². The number of carbonyl (C=O) groups is 1. The maximum absolute atomic E-state index is 13.1. The van der Waals surface area contributed by atoms with Crippen LogP contribution in [0.1, 0.15) is 5.56 Å². The number of amides is 1. The molecular formula is C26H22N2O4S. The summed E-state index contributed by atoms with van der Waals surface area (Å²) in [6.45, 7) is 0.273. The number of rotatable bonds is 6. The first-order valence-corrected chi connectivity index (χ1v) is 12.1. The van der Waals surface area contributed by atoms with Gasteiger partial charge < -0.3 is 10.1 Å². The number of para-hydroxylation sites is 1. The molecule has 33 heavy (non-hydrogen) atoms. The first-order valence-electron chi connectivity index (χ1n) is 10.6. The lowest BCUT2D eigenvalue weighted by atomic mass is 10.1. The molecule has 7 heteroatoms. The minimum atomic E-state index is -3.67. The van der Waals surface area contributed by atoms with Crippen molar-refractivity contribution in [3.63, 3.8) is 0 Å². The van der Waals surface area contributed by atoms with E-state index in [0.717, 1.165) is 22.0 Å². The van der Waals surface area contributed by atoms with Crippen LogP contribution in [0, 0.1) is 0 Å². The average Bonchev–Trinajstić information content (AvgIpc) is 3.28. The number of carbonyl (C=O) groups excluding carboxylic acids is 1. The van der Waals surface area contributed by atoms with Crippen molar-refractivity contribution >= 4 is 38.1 Å². The number of hydrogen-bond acceptors (Lipinski definition) is 4. The van der Waals surface area contributed by atoms with E-state index in [1.807, 2.05) is 66.7 Å². The summed E-state index contributed by atoms with van der Waals surface area (Å²) < 4.78 is 33.3. The lowest BCUT2D eigenvalue weighted by Crippen LogP contribution is -2.29. The second-order valence-corrected chi connectivity index (χ2v) is 9.69. The Hall–Kier alpha value is -3.84. The highest BCUT2D eigenvalue weighted by Crippen LogP contribution is 2.32. The van der Waals surface area contributed by atoms with Crippen molar-refractivity contribution in [3.8, 4) is 5.75 Å². The van der Waals surface area contributed by atoms with Crippen LogP contribution in [-0.2, 0) is 21.2 Å². The van der Waals surface area contributed by atoms with Gasteiger partial charge in [0.25, 0.3) is 15.9 Å². The standard InChI is InChI=1S/C26H22N2O4S/c29-26(18-32-23-12-9-19-5-1-2-7-21(19)17-23)27-22-10-13-24(14-11-22)33(30,31)28-16-15-20-6-3-4-8-25(20)28/h1-14,17H,15-16,18H2,(H,27,29). The summed E-state index contributed by atoms with van der Waals surface area (Å²) in [6, 6.07) is 27.3. The number of nitrogens with one attached hydrogen (secondary N) is 1. The fraction of sp³-hybridized carbons (Fsp3) is 0.115. The molecule has 4 aromatic rings. The molecule has 0 saturated heterocycles. The number of ether oxygens (including phenoxy) is 1. The van der Waals surface area contributed by atoms with Crippen LogP contribution < -0.4 is 14.4 Å². The summed E-state index contributed by atoms with van der Waals surface area (Å²) in [4.78, 5) is 12.5. The van der Waals surface area contributed by atoms with E-state index in [1.54, 1.807) is 12.1 Å². The first kappa shape index (κ1) is 21.0. The van der Waals surface area contributed by atoms with Gasteiger partial charge in [-0.1, -0.05) is 48.5 Å². The number of anilines is 2. The molecule has 1 amide bonds. The minimum Gasteiger partial charge on any atom is -0.484 e. The Labute approximate surface area is 192 Å². The Bertz CT molecular complexity index is 1430. The molecule has 0 fully saturated rings. The highest BCUT2D eigenvalue weighted by molar-refractivity contribution is 7.92. The maximum Gasteiger partial charge on any atom is 0.264 e. The lowest BCUT2D eigenvalue weighted by Gasteiger charge is -2.19. The van der Waals surface area contributed by atoms with Crippen LogP contribution in [0.3, 0.4) is 0 Å². The van der Waals surface area contributed by atoms with E-state index in [4.69, 9.17) is 4.74 Å². The predicted octanol–water partition coefficient (Wildman–Crippen LogP) is 4.61. The molecule has 5 rings (SSSR count). The Morgan fingerprint density at radius 1 is 0.879 bits per heavy atom. The number of sulfonamides is 1. The van der Waals surface area contributed by atoms with Gasteiger partial charge in [-0.05, 0) is 65.2 Å². The molecule has 0 aromatic heterocycles. The van der Waals surface area contributed by atoms with Crippen LogP contribution >= 0.6 is 0 Å². The third-order valence-corrected chi connectivity index (χ3v) is 7.49. The van der Waals surface area contributed by atoms with Crippen molar-refractivity contribution < 1.29 is 17.9 Å². The van der Waals surface area contributed by atoms with Gasteiger partial charge in [-0.3, -0.25) is 9.10 Å². The van der Waals surface area contributed by atoms with Gasteiger partial charge in [-0.15, -0.1) is 0 Å². The van der Waals surface area contributed by atoms with Crippen LogP contribution in [-0.4, -0.2) is 27.5 Å². The normalized spacial score (nSPS) is 13.0. The van der Waals surface area contributed by atoms with Crippen molar-refractivity contribution in [3.05, 3.63) is 96.6 Å². The van der Waals surface area contributed by atoms with E-state index in [1.165, 1.54) is 16.4 Å². The largest absolute Gasteiger partial charge is 0.484 e. The maximum atomic E-state index is 13.1. The summed E-state index contributed by atoms with van der Waals surface area (Å²) in [6.07, 6.45) is 0.695. The molecule has 0 spiro atoms. The fourth-order valence-corrected chi connectivity index (χ4v) is 5.50. The smallest absolute Gasteiger partial charge is 0.264 e. The molecule has 4 aromatic carbocycles. The molecule has 0 saturated carbocycles. The summed E-state index contributed by atoms with van der Waals surface area (Å²) in [5, 5.41) is 4.87. The van der Waals surface area contributed by atoms with Gasteiger partial charge in [0.2, 0.25) is 0 Å². The molecule has 0 atom stereocenters. The minimum absolute atomic E-state index is 0.150. The SMILES string of the molecule is O=C(COc1ccc2ccccc2c1)Nc1ccc(S(=O)(=O)N2CCc3ccccc32)cc1. The van der Waals surface area contributed by atoms with Gasteiger partial charge in [-0.25, -0.2) is 8.42 Å². The van der Waals surface area contributed by atoms with Gasteiger partial charge >= 0.3 is 0 Å². The molecule has 1 aliphatic rings. The topological polar surface area (TPSA) is 75.7 Å². The first-order chi connectivity index (χ1) is 16.0. The van der Waals surface area contributed by atoms with Crippen LogP contribution in [0.2, 0.25) is 0 Å².